The van der Waals surface area contributed by atoms with Crippen LogP contribution in [-0.2, 0) is 15.6 Å². The normalized spacial score (nSPS) is 20.9. The van der Waals surface area contributed by atoms with Gasteiger partial charge in [0.2, 0.25) is 5.88 Å². The predicted octanol–water partition coefficient (Wildman–Crippen LogP) is 4.21. The second kappa shape index (κ2) is 7.96. The molecule has 0 amide bonds. The van der Waals surface area contributed by atoms with E-state index in [0.29, 0.717) is 6.42 Å². The molecule has 1 N–H and O–H groups in total. The van der Waals surface area contributed by atoms with E-state index < -0.39 is 16.9 Å². The minimum absolute atomic E-state index is 0.244. The Bertz CT molecular complexity index is 1190. The van der Waals surface area contributed by atoms with Gasteiger partial charge in [0, 0.05) is 43.6 Å². The molecule has 1 aliphatic carbocycles. The molecule has 5 rings (SSSR count). The first-order valence-corrected chi connectivity index (χ1v) is 11.9. The fourth-order valence-electron chi connectivity index (χ4n) is 5.61. The van der Waals surface area contributed by atoms with E-state index in [9.17, 15) is 9.90 Å². The quantitative estimate of drug-likeness (QED) is 0.632. The van der Waals surface area contributed by atoms with Gasteiger partial charge >= 0.3 is 0 Å². The number of carbonyl (C=O) groups is 1. The lowest BCUT2D eigenvalue weighted by Crippen LogP contribution is -2.46. The average molecular weight is 448 g/mol. The van der Waals surface area contributed by atoms with Crippen molar-refractivity contribution in [1.29, 1.82) is 0 Å². The van der Waals surface area contributed by atoms with Gasteiger partial charge in [0.25, 0.3) is 0 Å². The smallest absolute Gasteiger partial charge is 0.235 e. The van der Waals surface area contributed by atoms with Crippen LogP contribution in [0.2, 0.25) is 0 Å². The van der Waals surface area contributed by atoms with Crippen LogP contribution in [0.4, 0.5) is 5.88 Å². The highest BCUT2D eigenvalue weighted by Gasteiger charge is 2.50. The summed E-state index contributed by atoms with van der Waals surface area (Å²) in [5.74, 6) is 1.09. The Balaban J connectivity index is 1.20. The largest absolute Gasteiger partial charge is 0.388 e. The zero-order valence-electron chi connectivity index (χ0n) is 20.0. The Morgan fingerprint density at radius 2 is 1.70 bits per heavy atom. The van der Waals surface area contributed by atoms with E-state index in [0.717, 1.165) is 66.2 Å². The summed E-state index contributed by atoms with van der Waals surface area (Å²) < 4.78 is 5.61. The average Bonchev–Trinajstić information content (AvgIpc) is 3.30. The third-order valence-corrected chi connectivity index (χ3v) is 7.65. The second-order valence-corrected chi connectivity index (χ2v) is 10.5. The molecule has 3 aromatic rings. The van der Waals surface area contributed by atoms with Crippen LogP contribution in [0.25, 0.3) is 10.9 Å². The minimum Gasteiger partial charge on any atom is -0.388 e. The molecule has 1 aliphatic heterocycles. The maximum absolute atomic E-state index is 12.9. The molecule has 6 heteroatoms. The molecule has 0 bridgehead atoms. The van der Waals surface area contributed by atoms with Gasteiger partial charge in [-0.1, -0.05) is 35.5 Å². The van der Waals surface area contributed by atoms with Crippen LogP contribution >= 0.6 is 0 Å². The first-order valence-electron chi connectivity index (χ1n) is 11.9. The van der Waals surface area contributed by atoms with E-state index >= 15 is 0 Å². The lowest BCUT2D eigenvalue weighted by Gasteiger charge is -2.34. The number of hydrogen-bond acceptors (Lipinski definition) is 6. The van der Waals surface area contributed by atoms with Gasteiger partial charge in [0.05, 0.1) is 11.5 Å². The van der Waals surface area contributed by atoms with Crippen LogP contribution in [0.3, 0.4) is 0 Å². The number of ketones is 1. The summed E-state index contributed by atoms with van der Waals surface area (Å²) in [5, 5.41) is 16.2. The molecule has 1 aromatic heterocycles. The third-order valence-electron chi connectivity index (χ3n) is 7.65. The summed E-state index contributed by atoms with van der Waals surface area (Å²) in [7, 11) is 0. The van der Waals surface area contributed by atoms with Gasteiger partial charge in [0.15, 0.2) is 5.78 Å². The van der Waals surface area contributed by atoms with Gasteiger partial charge in [-0.2, -0.15) is 0 Å². The van der Waals surface area contributed by atoms with Gasteiger partial charge < -0.3 is 14.5 Å². The topological polar surface area (TPSA) is 69.8 Å². The monoisotopic (exact) mass is 447 g/mol. The number of piperazine rings is 1. The van der Waals surface area contributed by atoms with Crippen LogP contribution in [0.5, 0.6) is 0 Å². The molecule has 1 atom stereocenters. The van der Waals surface area contributed by atoms with Crippen molar-refractivity contribution in [1.82, 2.24) is 10.1 Å². The summed E-state index contributed by atoms with van der Waals surface area (Å²) in [6.07, 6.45) is 0.128. The number of rotatable bonds is 5. The van der Waals surface area contributed by atoms with Gasteiger partial charge in [-0.15, -0.1) is 0 Å². The SMILES string of the molecule is CC1(C)C(=O)C(C)(C)c2cc(C(O)CCN3CCN(c4onc5ccccc45)CC3)ccc21. The molecule has 1 fully saturated rings. The molecule has 0 saturated carbocycles. The van der Waals surface area contributed by atoms with Gasteiger partial charge in [0.1, 0.15) is 5.52 Å². The lowest BCUT2D eigenvalue weighted by molar-refractivity contribution is -0.126. The van der Waals surface area contributed by atoms with E-state index in [2.05, 4.69) is 27.1 Å². The molecule has 1 unspecified atom stereocenters. The number of carbonyl (C=O) groups excluding carboxylic acids is 1. The van der Waals surface area contributed by atoms with Gasteiger partial charge in [-0.05, 0) is 62.9 Å². The molecule has 0 spiro atoms. The fourth-order valence-corrected chi connectivity index (χ4v) is 5.61. The lowest BCUT2D eigenvalue weighted by atomic mass is 9.80. The Morgan fingerprint density at radius 3 is 2.45 bits per heavy atom. The van der Waals surface area contributed by atoms with Gasteiger partial charge in [-0.3, -0.25) is 9.69 Å². The number of aliphatic hydroxyl groups is 1. The second-order valence-electron chi connectivity index (χ2n) is 10.5. The first-order chi connectivity index (χ1) is 15.7. The van der Waals surface area contributed by atoms with E-state index in [-0.39, 0.29) is 5.78 Å². The number of nitrogens with zero attached hydrogens (tertiary/aromatic N) is 3. The van der Waals surface area contributed by atoms with Crippen molar-refractivity contribution < 1.29 is 14.4 Å². The summed E-state index contributed by atoms with van der Waals surface area (Å²) in [6, 6.07) is 14.1. The molecule has 0 radical (unpaired) electrons. The molecule has 2 aromatic carbocycles. The van der Waals surface area contributed by atoms with Crippen LogP contribution in [0, 0.1) is 0 Å². The first kappa shape index (κ1) is 22.1. The van der Waals surface area contributed by atoms with Crippen LogP contribution in [0.1, 0.15) is 56.9 Å². The Kier molecular flexibility index (Phi) is 5.33. The maximum atomic E-state index is 12.9. The highest BCUT2D eigenvalue weighted by atomic mass is 16.5. The van der Waals surface area contributed by atoms with Crippen molar-refractivity contribution in [2.75, 3.05) is 37.6 Å². The van der Waals surface area contributed by atoms with E-state index in [1.807, 2.05) is 58.0 Å². The molecular formula is C27H33N3O3. The van der Waals surface area contributed by atoms with Crippen molar-refractivity contribution in [2.45, 2.75) is 51.0 Å². The molecule has 2 heterocycles. The number of aromatic nitrogens is 1. The van der Waals surface area contributed by atoms with E-state index in [4.69, 9.17) is 4.52 Å². The molecule has 174 valence electrons. The zero-order valence-corrected chi connectivity index (χ0v) is 20.0. The summed E-state index contributed by atoms with van der Waals surface area (Å²) >= 11 is 0. The number of aliphatic hydroxyl groups excluding tert-OH is 1. The van der Waals surface area contributed by atoms with Crippen LogP contribution < -0.4 is 4.90 Å². The standard InChI is InChI=1S/C27H33N3O3/c1-26(2)20-10-9-18(17-21(20)27(3,4)25(26)32)23(31)11-12-29-13-15-30(16-14-29)24-19-7-5-6-8-22(19)28-33-24/h5-10,17,23,31H,11-16H2,1-4H3. The number of hydrogen-bond donors (Lipinski definition) is 1. The maximum Gasteiger partial charge on any atom is 0.235 e. The van der Waals surface area contributed by atoms with E-state index in [1.165, 1.54) is 0 Å². The number of Topliss-reactive ketones (excluding diaryl/α,β-unsaturated/α-hetero) is 1. The van der Waals surface area contributed by atoms with Crippen molar-refractivity contribution in [2.24, 2.45) is 0 Å². The predicted molar refractivity (Wildman–Crippen MR) is 130 cm³/mol. The number of fused-ring (bicyclic) bond motifs is 2. The summed E-state index contributed by atoms with van der Waals surface area (Å²) in [5.41, 5.74) is 2.94. The van der Waals surface area contributed by atoms with Crippen molar-refractivity contribution >= 4 is 22.6 Å². The molecular weight excluding hydrogens is 414 g/mol. The summed E-state index contributed by atoms with van der Waals surface area (Å²) in [4.78, 5) is 17.6. The Hall–Kier alpha value is -2.70. The molecule has 33 heavy (non-hydrogen) atoms. The fraction of sp³-hybridized carbons (Fsp3) is 0.481. The van der Waals surface area contributed by atoms with Gasteiger partial charge in [-0.25, -0.2) is 0 Å². The molecule has 1 saturated heterocycles. The zero-order chi connectivity index (χ0) is 23.4. The highest BCUT2D eigenvalue weighted by molar-refractivity contribution is 6.02. The van der Waals surface area contributed by atoms with Crippen LogP contribution in [-0.4, -0.2) is 53.7 Å². The number of anilines is 1. The van der Waals surface area contributed by atoms with E-state index in [1.54, 1.807) is 0 Å². The minimum atomic E-state index is -0.541. The van der Waals surface area contributed by atoms with Crippen molar-refractivity contribution in [3.8, 4) is 0 Å². The van der Waals surface area contributed by atoms with Crippen molar-refractivity contribution in [3.05, 3.63) is 59.2 Å². The molecule has 2 aliphatic rings. The molecule has 6 nitrogen and oxygen atoms in total. The Labute approximate surface area is 195 Å². The Morgan fingerprint density at radius 1 is 1.00 bits per heavy atom. The highest BCUT2D eigenvalue weighted by Crippen LogP contribution is 2.47. The number of benzene rings is 2. The van der Waals surface area contributed by atoms with Crippen LogP contribution in [0.15, 0.2) is 47.0 Å². The summed E-state index contributed by atoms with van der Waals surface area (Å²) in [6.45, 7) is 12.4. The third kappa shape index (κ3) is 3.65. The van der Waals surface area contributed by atoms with Crippen molar-refractivity contribution in [3.63, 3.8) is 0 Å².